The molecule has 2 rings (SSSR count). The Bertz CT molecular complexity index is 88.7. The summed E-state index contributed by atoms with van der Waals surface area (Å²) < 4.78 is 0. The van der Waals surface area contributed by atoms with Crippen molar-refractivity contribution in [3.8, 4) is 0 Å². The van der Waals surface area contributed by atoms with Crippen LogP contribution in [0.4, 0.5) is 0 Å². The van der Waals surface area contributed by atoms with Gasteiger partial charge in [-0.05, 0) is 36.2 Å². The van der Waals surface area contributed by atoms with Crippen LogP contribution in [0.5, 0.6) is 0 Å². The fourth-order valence-corrected chi connectivity index (χ4v) is 3.56. The van der Waals surface area contributed by atoms with Gasteiger partial charge >= 0.3 is 0 Å². The van der Waals surface area contributed by atoms with Gasteiger partial charge in [-0.2, -0.15) is 11.8 Å². The van der Waals surface area contributed by atoms with Crippen LogP contribution in [0.2, 0.25) is 0 Å². The molecule has 1 aliphatic carbocycles. The van der Waals surface area contributed by atoms with E-state index in [0.717, 1.165) is 11.8 Å². The van der Waals surface area contributed by atoms with Crippen LogP contribution in [0.3, 0.4) is 0 Å². The van der Waals surface area contributed by atoms with E-state index in [9.17, 15) is 0 Å². The highest BCUT2D eigenvalue weighted by molar-refractivity contribution is 7.99. The van der Waals surface area contributed by atoms with Crippen molar-refractivity contribution in [2.45, 2.75) is 25.7 Å². The van der Waals surface area contributed by atoms with Crippen LogP contribution in [0.15, 0.2) is 0 Å². The Kier molecular flexibility index (Phi) is 1.71. The van der Waals surface area contributed by atoms with Gasteiger partial charge in [-0.3, -0.25) is 0 Å². The minimum atomic E-state index is 1.13. The molecule has 9 heavy (non-hydrogen) atoms. The Balaban J connectivity index is 1.97. The molecule has 0 spiro atoms. The summed E-state index contributed by atoms with van der Waals surface area (Å²) in [6.07, 6.45) is 6.13. The van der Waals surface area contributed by atoms with Crippen molar-refractivity contribution in [3.63, 3.8) is 0 Å². The molecular formula is C8H14S. The molecule has 0 amide bonds. The van der Waals surface area contributed by atoms with Gasteiger partial charge in [0.1, 0.15) is 0 Å². The molecule has 1 saturated carbocycles. The van der Waals surface area contributed by atoms with Gasteiger partial charge in [0, 0.05) is 0 Å². The lowest BCUT2D eigenvalue weighted by Gasteiger charge is -2.23. The first-order chi connectivity index (χ1) is 4.47. The van der Waals surface area contributed by atoms with Crippen molar-refractivity contribution in [2.75, 3.05) is 11.5 Å². The standard InChI is InChI=1S/C8H14S/c1-2-7-4-5-9-6-8(7)3-1/h7-8H,1-6H2/t7-,8-/m0/s1. The molecule has 0 bridgehead atoms. The molecule has 1 heterocycles. The zero-order chi connectivity index (χ0) is 6.10. The molecule has 0 radical (unpaired) electrons. The second kappa shape index (κ2) is 2.53. The van der Waals surface area contributed by atoms with Crippen LogP contribution in [0, 0.1) is 11.8 Å². The fraction of sp³-hybridized carbons (Fsp3) is 1.00. The molecule has 2 fully saturated rings. The second-order valence-electron chi connectivity index (χ2n) is 3.31. The van der Waals surface area contributed by atoms with E-state index in [0.29, 0.717) is 0 Å². The van der Waals surface area contributed by atoms with Crippen LogP contribution in [-0.2, 0) is 0 Å². The Morgan fingerprint density at radius 1 is 1.00 bits per heavy atom. The summed E-state index contributed by atoms with van der Waals surface area (Å²) in [4.78, 5) is 0. The lowest BCUT2D eigenvalue weighted by atomic mass is 9.95. The SMILES string of the molecule is C1C[C@H]2CCSC[C@@H]2C1. The summed E-state index contributed by atoms with van der Waals surface area (Å²) in [6, 6.07) is 0. The predicted octanol–water partition coefficient (Wildman–Crippen LogP) is 2.54. The predicted molar refractivity (Wildman–Crippen MR) is 42.8 cm³/mol. The van der Waals surface area contributed by atoms with Gasteiger partial charge in [0.25, 0.3) is 0 Å². The third kappa shape index (κ3) is 1.12. The number of fused-ring (bicyclic) bond motifs is 1. The van der Waals surface area contributed by atoms with Crippen LogP contribution < -0.4 is 0 Å². The maximum absolute atomic E-state index is 2.17. The van der Waals surface area contributed by atoms with Crippen LogP contribution in [-0.4, -0.2) is 11.5 Å². The van der Waals surface area contributed by atoms with Gasteiger partial charge in [-0.25, -0.2) is 0 Å². The van der Waals surface area contributed by atoms with Gasteiger partial charge in [-0.15, -0.1) is 0 Å². The molecule has 2 aliphatic rings. The number of thioether (sulfide) groups is 1. The highest BCUT2D eigenvalue weighted by atomic mass is 32.2. The first-order valence-corrected chi connectivity index (χ1v) is 5.20. The first-order valence-electron chi connectivity index (χ1n) is 4.04. The quantitative estimate of drug-likeness (QED) is 0.501. The van der Waals surface area contributed by atoms with E-state index in [-0.39, 0.29) is 0 Å². The first kappa shape index (κ1) is 6.09. The number of hydrogen-bond acceptors (Lipinski definition) is 1. The van der Waals surface area contributed by atoms with Crippen molar-refractivity contribution in [2.24, 2.45) is 11.8 Å². The molecule has 0 aromatic heterocycles. The van der Waals surface area contributed by atoms with Crippen LogP contribution in [0.1, 0.15) is 25.7 Å². The molecule has 0 nitrogen and oxygen atoms in total. The average molecular weight is 142 g/mol. The third-order valence-corrected chi connectivity index (χ3v) is 3.97. The Hall–Kier alpha value is 0.350. The molecule has 1 heteroatoms. The van der Waals surface area contributed by atoms with Crippen molar-refractivity contribution in [3.05, 3.63) is 0 Å². The lowest BCUT2D eigenvalue weighted by molar-refractivity contribution is 0.405. The van der Waals surface area contributed by atoms with E-state index in [2.05, 4.69) is 11.8 Å². The van der Waals surface area contributed by atoms with Crippen molar-refractivity contribution in [1.82, 2.24) is 0 Å². The molecule has 0 N–H and O–H groups in total. The van der Waals surface area contributed by atoms with Crippen molar-refractivity contribution < 1.29 is 0 Å². The monoisotopic (exact) mass is 142 g/mol. The van der Waals surface area contributed by atoms with Gasteiger partial charge in [-0.1, -0.05) is 12.8 Å². The smallest absolute Gasteiger partial charge is 0.00365 e. The summed E-state index contributed by atoms with van der Waals surface area (Å²) in [5, 5.41) is 0. The van der Waals surface area contributed by atoms with E-state index < -0.39 is 0 Å². The average Bonchev–Trinajstić information content (AvgIpc) is 2.33. The zero-order valence-corrected chi connectivity index (χ0v) is 6.62. The summed E-state index contributed by atoms with van der Waals surface area (Å²) in [6.45, 7) is 0. The minimum absolute atomic E-state index is 1.13. The lowest BCUT2D eigenvalue weighted by Crippen LogP contribution is -2.16. The highest BCUT2D eigenvalue weighted by Gasteiger charge is 2.29. The molecule has 0 unspecified atom stereocenters. The van der Waals surface area contributed by atoms with E-state index in [1.165, 1.54) is 30.8 Å². The maximum atomic E-state index is 2.17. The van der Waals surface area contributed by atoms with Gasteiger partial charge < -0.3 is 0 Å². The largest absolute Gasteiger partial charge is 0.162 e. The topological polar surface area (TPSA) is 0 Å². The second-order valence-corrected chi connectivity index (χ2v) is 4.46. The van der Waals surface area contributed by atoms with E-state index in [1.807, 2.05) is 0 Å². The molecule has 2 atom stereocenters. The molecule has 0 aromatic rings. The highest BCUT2D eigenvalue weighted by Crippen LogP contribution is 2.40. The molecule has 0 aromatic carbocycles. The maximum Gasteiger partial charge on any atom is -0.00365 e. The Morgan fingerprint density at radius 2 is 1.89 bits per heavy atom. The molecule has 52 valence electrons. The van der Waals surface area contributed by atoms with Gasteiger partial charge in [0.2, 0.25) is 0 Å². The molecule has 1 saturated heterocycles. The summed E-state index contributed by atoms with van der Waals surface area (Å²) in [5.74, 6) is 5.20. The normalized spacial score (nSPS) is 42.7. The van der Waals surface area contributed by atoms with E-state index >= 15 is 0 Å². The summed E-state index contributed by atoms with van der Waals surface area (Å²) in [5.41, 5.74) is 0. The van der Waals surface area contributed by atoms with Gasteiger partial charge in [0.05, 0.1) is 0 Å². The third-order valence-electron chi connectivity index (χ3n) is 2.78. The van der Waals surface area contributed by atoms with Crippen molar-refractivity contribution in [1.29, 1.82) is 0 Å². The number of hydrogen-bond donors (Lipinski definition) is 0. The summed E-state index contributed by atoms with van der Waals surface area (Å²) in [7, 11) is 0. The van der Waals surface area contributed by atoms with E-state index in [1.54, 1.807) is 6.42 Å². The van der Waals surface area contributed by atoms with Crippen LogP contribution in [0.25, 0.3) is 0 Å². The summed E-state index contributed by atoms with van der Waals surface area (Å²) >= 11 is 2.17. The molecule has 1 aliphatic heterocycles. The minimum Gasteiger partial charge on any atom is -0.162 e. The van der Waals surface area contributed by atoms with E-state index in [4.69, 9.17) is 0 Å². The Morgan fingerprint density at radius 3 is 2.78 bits per heavy atom. The zero-order valence-electron chi connectivity index (χ0n) is 5.81. The molecular weight excluding hydrogens is 128 g/mol. The fourth-order valence-electron chi connectivity index (χ4n) is 2.18. The van der Waals surface area contributed by atoms with Crippen LogP contribution >= 0.6 is 11.8 Å². The number of rotatable bonds is 0. The Labute approximate surface area is 61.4 Å². The van der Waals surface area contributed by atoms with Crippen molar-refractivity contribution >= 4 is 11.8 Å². The van der Waals surface area contributed by atoms with Gasteiger partial charge in [0.15, 0.2) is 0 Å².